The summed E-state index contributed by atoms with van der Waals surface area (Å²) in [5.74, 6) is -4.28. The number of benzene rings is 1. The van der Waals surface area contributed by atoms with Crippen molar-refractivity contribution < 1.29 is 22.8 Å². The van der Waals surface area contributed by atoms with Crippen molar-refractivity contribution in [3.05, 3.63) is 35.1 Å². The molecule has 2 saturated heterocycles. The second kappa shape index (κ2) is 6.04. The average Bonchev–Trinajstić information content (AvgIpc) is 2.77. The van der Waals surface area contributed by atoms with E-state index in [1.807, 2.05) is 0 Å². The highest BCUT2D eigenvalue weighted by Gasteiger charge is 2.56. The molecule has 7 heteroatoms. The van der Waals surface area contributed by atoms with E-state index < -0.39 is 36.0 Å². The van der Waals surface area contributed by atoms with E-state index in [1.54, 1.807) is 14.0 Å². The first kappa shape index (κ1) is 17.8. The molecular formula is C18H21F3N2O2. The van der Waals surface area contributed by atoms with Gasteiger partial charge < -0.3 is 9.80 Å². The number of hydrogen-bond donors (Lipinski definition) is 0. The van der Waals surface area contributed by atoms with Crippen LogP contribution in [0.15, 0.2) is 18.2 Å². The van der Waals surface area contributed by atoms with Crippen LogP contribution in [-0.2, 0) is 16.0 Å². The number of amides is 2. The number of rotatable bonds is 2. The first-order valence-electron chi connectivity index (χ1n) is 8.28. The van der Waals surface area contributed by atoms with Gasteiger partial charge in [-0.1, -0.05) is 6.07 Å². The lowest BCUT2D eigenvalue weighted by atomic mass is 9.76. The second-order valence-electron chi connectivity index (χ2n) is 7.29. The fraction of sp³-hybridized carbons (Fsp3) is 0.556. The molecule has 0 N–H and O–H groups in total. The number of piperidine rings is 1. The van der Waals surface area contributed by atoms with Crippen molar-refractivity contribution >= 4 is 11.8 Å². The summed E-state index contributed by atoms with van der Waals surface area (Å²) in [5, 5.41) is 0. The highest BCUT2D eigenvalue weighted by atomic mass is 19.3. The lowest BCUT2D eigenvalue weighted by molar-refractivity contribution is -0.162. The van der Waals surface area contributed by atoms with Gasteiger partial charge in [-0.3, -0.25) is 9.59 Å². The Bertz CT molecular complexity index is 722. The Hall–Kier alpha value is -2.05. The molecule has 1 aromatic carbocycles. The third kappa shape index (κ3) is 3.37. The minimum atomic E-state index is -3.09. The fourth-order valence-corrected chi connectivity index (χ4v) is 3.92. The zero-order valence-corrected chi connectivity index (χ0v) is 14.3. The summed E-state index contributed by atoms with van der Waals surface area (Å²) in [6, 6.07) is 4.05. The second-order valence-corrected chi connectivity index (χ2v) is 7.29. The van der Waals surface area contributed by atoms with E-state index >= 15 is 0 Å². The molecule has 1 spiro atoms. The number of alkyl halides is 2. The molecule has 1 atom stereocenters. The lowest BCUT2D eigenvalue weighted by Gasteiger charge is -2.42. The lowest BCUT2D eigenvalue weighted by Crippen LogP contribution is -2.57. The molecule has 3 rings (SSSR count). The zero-order chi connectivity index (χ0) is 18.4. The number of carbonyl (C=O) groups is 2. The van der Waals surface area contributed by atoms with E-state index in [0.29, 0.717) is 24.1 Å². The number of hydrogen-bond acceptors (Lipinski definition) is 2. The number of carbonyl (C=O) groups excluding carboxylic acids is 2. The van der Waals surface area contributed by atoms with Crippen molar-refractivity contribution in [1.29, 1.82) is 0 Å². The van der Waals surface area contributed by atoms with E-state index in [4.69, 9.17) is 0 Å². The number of likely N-dealkylation sites (tertiary alicyclic amines) is 2. The highest BCUT2D eigenvalue weighted by molar-refractivity contribution is 5.87. The Kier molecular flexibility index (Phi) is 4.29. The van der Waals surface area contributed by atoms with Crippen LogP contribution in [0.3, 0.4) is 0 Å². The molecule has 2 heterocycles. The van der Waals surface area contributed by atoms with Gasteiger partial charge in [-0.25, -0.2) is 13.2 Å². The predicted octanol–water partition coefficient (Wildman–Crippen LogP) is 2.39. The van der Waals surface area contributed by atoms with E-state index in [-0.39, 0.29) is 18.9 Å². The average molecular weight is 354 g/mol. The topological polar surface area (TPSA) is 40.6 Å². The minimum Gasteiger partial charge on any atom is -0.345 e. The molecule has 0 bridgehead atoms. The maximum Gasteiger partial charge on any atom is 0.266 e. The molecular weight excluding hydrogens is 333 g/mol. The molecule has 0 aromatic heterocycles. The Balaban J connectivity index is 1.81. The van der Waals surface area contributed by atoms with Gasteiger partial charge in [0.05, 0.1) is 18.4 Å². The summed E-state index contributed by atoms with van der Waals surface area (Å²) in [6.45, 7) is 1.44. The van der Waals surface area contributed by atoms with Crippen LogP contribution in [0, 0.1) is 18.2 Å². The van der Waals surface area contributed by atoms with Crippen molar-refractivity contribution in [2.24, 2.45) is 5.41 Å². The Morgan fingerprint density at radius 2 is 2.00 bits per heavy atom. The van der Waals surface area contributed by atoms with Crippen molar-refractivity contribution in [3.63, 3.8) is 0 Å². The number of halogens is 3. The normalized spacial score (nSPS) is 25.7. The standard InChI is InChI=1S/C18H21F3N2O2/c1-12-7-14(19)4-3-13(12)8-15(24)23-10-17(9-18(20,21)11-23)5-6-22(2)16(17)25/h3-4,7H,5-6,8-11H2,1-2H3. The van der Waals surface area contributed by atoms with Gasteiger partial charge in [0.2, 0.25) is 11.8 Å². The Labute approximate surface area is 144 Å². The fourth-order valence-electron chi connectivity index (χ4n) is 3.92. The molecule has 0 radical (unpaired) electrons. The molecule has 1 unspecified atom stereocenters. The van der Waals surface area contributed by atoms with Gasteiger partial charge in [0.25, 0.3) is 5.92 Å². The summed E-state index contributed by atoms with van der Waals surface area (Å²) in [6.07, 6.45) is -0.262. The minimum absolute atomic E-state index is 0.0187. The smallest absolute Gasteiger partial charge is 0.266 e. The highest BCUT2D eigenvalue weighted by Crippen LogP contribution is 2.45. The van der Waals surface area contributed by atoms with Gasteiger partial charge in [0.1, 0.15) is 5.82 Å². The van der Waals surface area contributed by atoms with Gasteiger partial charge in [-0.15, -0.1) is 0 Å². The van der Waals surface area contributed by atoms with Gasteiger partial charge in [0, 0.05) is 26.6 Å². The molecule has 25 heavy (non-hydrogen) atoms. The van der Waals surface area contributed by atoms with E-state index in [1.165, 1.54) is 23.1 Å². The molecule has 1 aromatic rings. The van der Waals surface area contributed by atoms with Gasteiger partial charge in [0.15, 0.2) is 0 Å². The SMILES string of the molecule is Cc1cc(F)ccc1CC(=O)N1CC(F)(F)CC2(CCN(C)C2=O)C1. The molecule has 4 nitrogen and oxygen atoms in total. The predicted molar refractivity (Wildman–Crippen MR) is 85.7 cm³/mol. The van der Waals surface area contributed by atoms with Crippen molar-refractivity contribution in [2.45, 2.75) is 32.1 Å². The maximum atomic E-state index is 14.3. The molecule has 2 fully saturated rings. The van der Waals surface area contributed by atoms with Crippen LogP contribution in [0.5, 0.6) is 0 Å². The van der Waals surface area contributed by atoms with Crippen LogP contribution in [0.1, 0.15) is 24.0 Å². The van der Waals surface area contributed by atoms with E-state index in [9.17, 15) is 22.8 Å². The largest absolute Gasteiger partial charge is 0.345 e. The summed E-state index contributed by atoms with van der Waals surface area (Å²) >= 11 is 0. The molecule has 2 amide bonds. The van der Waals surface area contributed by atoms with Crippen LogP contribution in [0.2, 0.25) is 0 Å². The Morgan fingerprint density at radius 3 is 2.60 bits per heavy atom. The number of nitrogens with zero attached hydrogens (tertiary/aromatic N) is 2. The molecule has 0 aliphatic carbocycles. The number of aryl methyl sites for hydroxylation is 1. The van der Waals surface area contributed by atoms with Crippen LogP contribution in [-0.4, -0.2) is 54.2 Å². The quantitative estimate of drug-likeness (QED) is 0.818. The van der Waals surface area contributed by atoms with E-state index in [2.05, 4.69) is 0 Å². The molecule has 136 valence electrons. The summed E-state index contributed by atoms with van der Waals surface area (Å²) in [4.78, 5) is 27.5. The maximum absolute atomic E-state index is 14.3. The van der Waals surface area contributed by atoms with Crippen LogP contribution < -0.4 is 0 Å². The third-order valence-corrected chi connectivity index (χ3v) is 5.24. The van der Waals surface area contributed by atoms with Crippen molar-refractivity contribution in [1.82, 2.24) is 9.80 Å². The van der Waals surface area contributed by atoms with Gasteiger partial charge in [-0.2, -0.15) is 0 Å². The summed E-state index contributed by atoms with van der Waals surface area (Å²) < 4.78 is 41.7. The monoisotopic (exact) mass is 354 g/mol. The van der Waals surface area contributed by atoms with Crippen molar-refractivity contribution in [3.8, 4) is 0 Å². The van der Waals surface area contributed by atoms with Crippen LogP contribution in [0.25, 0.3) is 0 Å². The van der Waals surface area contributed by atoms with Gasteiger partial charge in [-0.05, 0) is 36.6 Å². The van der Waals surface area contributed by atoms with Crippen molar-refractivity contribution in [2.75, 3.05) is 26.7 Å². The van der Waals surface area contributed by atoms with Crippen LogP contribution in [0.4, 0.5) is 13.2 Å². The first-order valence-corrected chi connectivity index (χ1v) is 8.28. The third-order valence-electron chi connectivity index (χ3n) is 5.24. The summed E-state index contributed by atoms with van der Waals surface area (Å²) in [5.41, 5.74) is 0.0111. The summed E-state index contributed by atoms with van der Waals surface area (Å²) in [7, 11) is 1.60. The van der Waals surface area contributed by atoms with Gasteiger partial charge >= 0.3 is 0 Å². The van der Waals surface area contributed by atoms with Crippen LogP contribution >= 0.6 is 0 Å². The molecule has 2 aliphatic rings. The zero-order valence-electron chi connectivity index (χ0n) is 14.3. The molecule has 0 saturated carbocycles. The van der Waals surface area contributed by atoms with E-state index in [0.717, 1.165) is 4.90 Å². The Morgan fingerprint density at radius 1 is 1.28 bits per heavy atom. The molecule has 2 aliphatic heterocycles. The first-order chi connectivity index (χ1) is 11.6.